The molecule has 25 heavy (non-hydrogen) atoms. The zero-order valence-electron chi connectivity index (χ0n) is 14.6. The number of pyridine rings is 1. The van der Waals surface area contributed by atoms with Gasteiger partial charge in [-0.15, -0.1) is 0 Å². The van der Waals surface area contributed by atoms with E-state index in [1.165, 1.54) is 25.3 Å². The molecule has 0 radical (unpaired) electrons. The van der Waals surface area contributed by atoms with Crippen LogP contribution in [0, 0.1) is 5.92 Å². The fourth-order valence-corrected chi connectivity index (χ4v) is 3.20. The number of aromatic nitrogens is 1. The van der Waals surface area contributed by atoms with Crippen LogP contribution in [0.5, 0.6) is 0 Å². The highest BCUT2D eigenvalue weighted by Gasteiger charge is 2.24. The van der Waals surface area contributed by atoms with Crippen molar-refractivity contribution >= 4 is 11.7 Å². The molecule has 1 heterocycles. The molecule has 3 rings (SSSR count). The third kappa shape index (κ3) is 4.50. The average molecular weight is 339 g/mol. The number of benzene rings is 1. The maximum Gasteiger partial charge on any atom is 0.319 e. The zero-order valence-corrected chi connectivity index (χ0v) is 14.6. The van der Waals surface area contributed by atoms with Crippen LogP contribution in [0.3, 0.4) is 0 Å². The van der Waals surface area contributed by atoms with E-state index in [9.17, 15) is 9.59 Å². The molecule has 1 unspecified atom stereocenters. The highest BCUT2D eigenvalue weighted by molar-refractivity contribution is 5.89. The summed E-state index contributed by atoms with van der Waals surface area (Å²) in [4.78, 5) is 24.1. The van der Waals surface area contributed by atoms with E-state index in [2.05, 4.69) is 22.8 Å². The lowest BCUT2D eigenvalue weighted by Gasteiger charge is -2.30. The first-order chi connectivity index (χ1) is 12.2. The number of nitrogens with one attached hydrogen (secondary N) is 2. The van der Waals surface area contributed by atoms with Crippen LogP contribution in [0.2, 0.25) is 0 Å². The first-order valence-corrected chi connectivity index (χ1v) is 8.98. The summed E-state index contributed by atoms with van der Waals surface area (Å²) in [5.74, 6) is 0.688. The number of aryl methyl sites for hydroxylation is 1. The molecule has 0 aliphatic heterocycles. The van der Waals surface area contributed by atoms with Gasteiger partial charge in [0.25, 0.3) is 5.56 Å². The highest BCUT2D eigenvalue weighted by atomic mass is 16.2. The van der Waals surface area contributed by atoms with E-state index in [0.717, 1.165) is 12.0 Å². The van der Waals surface area contributed by atoms with Crippen molar-refractivity contribution in [3.05, 3.63) is 64.6 Å². The Morgan fingerprint density at radius 3 is 2.60 bits per heavy atom. The minimum absolute atomic E-state index is 0.00332. The topological polar surface area (TPSA) is 63.1 Å². The van der Waals surface area contributed by atoms with Gasteiger partial charge in [-0.3, -0.25) is 4.79 Å². The van der Waals surface area contributed by atoms with E-state index in [1.807, 2.05) is 25.1 Å². The molecule has 1 saturated carbocycles. The van der Waals surface area contributed by atoms with E-state index in [1.54, 1.807) is 16.8 Å². The second-order valence-corrected chi connectivity index (χ2v) is 6.64. The van der Waals surface area contributed by atoms with Gasteiger partial charge in [0.1, 0.15) is 0 Å². The molecule has 1 fully saturated rings. The molecular formula is C20H25N3O2. The molecule has 2 aromatic rings. The third-order valence-corrected chi connectivity index (χ3v) is 4.88. The molecule has 2 amide bonds. The van der Waals surface area contributed by atoms with E-state index in [0.29, 0.717) is 18.2 Å². The van der Waals surface area contributed by atoms with E-state index in [-0.39, 0.29) is 17.6 Å². The van der Waals surface area contributed by atoms with E-state index < -0.39 is 0 Å². The minimum atomic E-state index is -0.241. The van der Waals surface area contributed by atoms with Crippen LogP contribution in [0.25, 0.3) is 0 Å². The summed E-state index contributed by atoms with van der Waals surface area (Å²) in [5, 5.41) is 5.94. The molecule has 1 aromatic heterocycles. The summed E-state index contributed by atoms with van der Waals surface area (Å²) in [7, 11) is 0. The van der Waals surface area contributed by atoms with Crippen molar-refractivity contribution in [2.24, 2.45) is 5.92 Å². The van der Waals surface area contributed by atoms with Gasteiger partial charge >= 0.3 is 6.03 Å². The quantitative estimate of drug-likeness (QED) is 0.838. The maximum atomic E-state index is 12.5. The van der Waals surface area contributed by atoms with Gasteiger partial charge in [0.15, 0.2) is 0 Å². The number of rotatable bonds is 6. The summed E-state index contributed by atoms with van der Waals surface area (Å²) < 4.78 is 1.57. The van der Waals surface area contributed by atoms with Crippen LogP contribution < -0.4 is 16.2 Å². The van der Waals surface area contributed by atoms with Gasteiger partial charge in [0, 0.05) is 18.8 Å². The van der Waals surface area contributed by atoms with Gasteiger partial charge in [-0.25, -0.2) is 4.79 Å². The summed E-state index contributed by atoms with van der Waals surface area (Å²) >= 11 is 0. The molecule has 1 atom stereocenters. The lowest BCUT2D eigenvalue weighted by atomic mass is 9.79. The van der Waals surface area contributed by atoms with Crippen LogP contribution in [0.1, 0.15) is 44.2 Å². The third-order valence-electron chi connectivity index (χ3n) is 4.88. The number of carbonyl (C=O) groups excluding carboxylic acids is 1. The smallest absolute Gasteiger partial charge is 0.319 e. The Bertz CT molecular complexity index is 766. The van der Waals surface area contributed by atoms with Gasteiger partial charge in [-0.2, -0.15) is 0 Å². The summed E-state index contributed by atoms with van der Waals surface area (Å²) in [6.07, 6.45) is 6.41. The van der Waals surface area contributed by atoms with Gasteiger partial charge in [-0.05, 0) is 30.9 Å². The van der Waals surface area contributed by atoms with Crippen molar-refractivity contribution < 1.29 is 4.79 Å². The van der Waals surface area contributed by atoms with Gasteiger partial charge < -0.3 is 15.2 Å². The number of hydrogen-bond acceptors (Lipinski definition) is 2. The minimum Gasteiger partial charge on any atom is -0.331 e. The van der Waals surface area contributed by atoms with Crippen molar-refractivity contribution in [1.82, 2.24) is 9.88 Å². The molecule has 0 saturated heterocycles. The van der Waals surface area contributed by atoms with Crippen LogP contribution in [-0.4, -0.2) is 10.6 Å². The molecule has 5 heteroatoms. The van der Waals surface area contributed by atoms with Crippen LogP contribution in [0.15, 0.2) is 53.5 Å². The second-order valence-electron chi connectivity index (χ2n) is 6.64. The number of hydrogen-bond donors (Lipinski definition) is 2. The highest BCUT2D eigenvalue weighted by Crippen LogP contribution is 2.34. The summed E-state index contributed by atoms with van der Waals surface area (Å²) in [5.41, 5.74) is 1.68. The zero-order chi connectivity index (χ0) is 17.6. The van der Waals surface area contributed by atoms with Crippen LogP contribution in [-0.2, 0) is 6.54 Å². The summed E-state index contributed by atoms with van der Waals surface area (Å²) in [6.45, 7) is 2.47. The SMILES string of the molecule is CCn1cc(NC(=O)NC(CC2CCC2)c2ccccc2)ccc1=O. The Labute approximate surface area is 148 Å². The predicted molar refractivity (Wildman–Crippen MR) is 99.7 cm³/mol. The fraction of sp³-hybridized carbons (Fsp3) is 0.400. The van der Waals surface area contributed by atoms with E-state index in [4.69, 9.17) is 0 Å². The standard InChI is InChI=1S/C20H25N3O2/c1-2-23-14-17(11-12-19(23)24)21-20(25)22-18(13-15-7-6-8-15)16-9-4-3-5-10-16/h3-5,9-12,14-15,18H,2,6-8,13H2,1H3,(H2,21,22,25). The lowest BCUT2D eigenvalue weighted by Crippen LogP contribution is -2.34. The normalized spacial score (nSPS) is 15.2. The average Bonchev–Trinajstić information content (AvgIpc) is 2.59. The molecule has 5 nitrogen and oxygen atoms in total. The Hall–Kier alpha value is -2.56. The number of urea groups is 1. The molecule has 132 valence electrons. The van der Waals surface area contributed by atoms with Crippen molar-refractivity contribution in [3.8, 4) is 0 Å². The van der Waals surface area contributed by atoms with Gasteiger partial charge in [0.2, 0.25) is 0 Å². The molecule has 1 aromatic carbocycles. The lowest BCUT2D eigenvalue weighted by molar-refractivity contribution is 0.235. The van der Waals surface area contributed by atoms with Crippen molar-refractivity contribution in [2.45, 2.75) is 45.2 Å². The fourth-order valence-electron chi connectivity index (χ4n) is 3.20. The molecule has 0 bridgehead atoms. The van der Waals surface area contributed by atoms with Crippen molar-refractivity contribution in [3.63, 3.8) is 0 Å². The largest absolute Gasteiger partial charge is 0.331 e. The number of amides is 2. The van der Waals surface area contributed by atoms with Crippen molar-refractivity contribution in [1.29, 1.82) is 0 Å². The number of nitrogens with zero attached hydrogens (tertiary/aromatic N) is 1. The van der Waals surface area contributed by atoms with Gasteiger partial charge in [0.05, 0.1) is 11.7 Å². The molecule has 0 spiro atoms. The maximum absolute atomic E-state index is 12.5. The molecule has 1 aliphatic rings. The van der Waals surface area contributed by atoms with Crippen LogP contribution in [0.4, 0.5) is 10.5 Å². The Kier molecular flexibility index (Phi) is 5.53. The Morgan fingerprint density at radius 1 is 1.20 bits per heavy atom. The monoisotopic (exact) mass is 339 g/mol. The van der Waals surface area contributed by atoms with Crippen molar-refractivity contribution in [2.75, 3.05) is 5.32 Å². The van der Waals surface area contributed by atoms with E-state index >= 15 is 0 Å². The first kappa shape index (κ1) is 17.3. The molecule has 2 N–H and O–H groups in total. The molecule has 1 aliphatic carbocycles. The second kappa shape index (κ2) is 8.01. The summed E-state index contributed by atoms with van der Waals surface area (Å²) in [6, 6.07) is 13.0. The number of anilines is 1. The number of carbonyl (C=O) groups is 1. The van der Waals surface area contributed by atoms with Gasteiger partial charge in [-0.1, -0.05) is 49.6 Å². The van der Waals surface area contributed by atoms with Crippen LogP contribution >= 0.6 is 0 Å². The predicted octanol–water partition coefficient (Wildman–Crippen LogP) is 3.92. The Balaban J connectivity index is 1.68. The molecular weight excluding hydrogens is 314 g/mol. The first-order valence-electron chi connectivity index (χ1n) is 8.98. The Morgan fingerprint density at radius 2 is 1.96 bits per heavy atom.